The predicted octanol–water partition coefficient (Wildman–Crippen LogP) is 4.67. The van der Waals surface area contributed by atoms with Crippen LogP contribution in [0.1, 0.15) is 23.6 Å². The minimum Gasteiger partial charge on any atom is -0.481 e. The predicted molar refractivity (Wildman–Crippen MR) is 101 cm³/mol. The number of aryl methyl sites for hydroxylation is 2. The Hall–Kier alpha value is -3.08. The lowest BCUT2D eigenvalue weighted by molar-refractivity contribution is -0.122. The molecular formula is C21H22N2O3. The standard InChI is InChI=1S/C21H22N2O3/c1-13-8-10-17(11-9-13)18-12-20(26-23-18)22-21(24)16(4)25-19-7-5-6-14(2)15(19)3/h5-12,16H,1-4H3,(H,22,24). The maximum atomic E-state index is 12.4. The number of hydrogen-bond acceptors (Lipinski definition) is 4. The number of nitrogens with one attached hydrogen (secondary N) is 1. The van der Waals surface area contributed by atoms with Crippen LogP contribution >= 0.6 is 0 Å². The van der Waals surface area contributed by atoms with Gasteiger partial charge < -0.3 is 9.26 Å². The van der Waals surface area contributed by atoms with Crippen molar-refractivity contribution < 1.29 is 14.1 Å². The largest absolute Gasteiger partial charge is 0.481 e. The second-order valence-corrected chi connectivity index (χ2v) is 6.39. The summed E-state index contributed by atoms with van der Waals surface area (Å²) in [5, 5.41) is 6.71. The molecule has 0 spiro atoms. The minimum absolute atomic E-state index is 0.294. The molecule has 0 bridgehead atoms. The number of benzene rings is 2. The number of carbonyl (C=O) groups excluding carboxylic acids is 1. The smallest absolute Gasteiger partial charge is 0.267 e. The molecule has 1 atom stereocenters. The van der Waals surface area contributed by atoms with E-state index in [0.29, 0.717) is 17.3 Å². The number of hydrogen-bond donors (Lipinski definition) is 1. The summed E-state index contributed by atoms with van der Waals surface area (Å²) in [6.07, 6.45) is -0.663. The molecule has 0 radical (unpaired) electrons. The summed E-state index contributed by atoms with van der Waals surface area (Å²) in [6, 6.07) is 15.4. The molecule has 0 saturated carbocycles. The Morgan fingerprint density at radius 1 is 1.12 bits per heavy atom. The molecule has 3 rings (SSSR count). The van der Waals surface area contributed by atoms with Gasteiger partial charge in [0, 0.05) is 11.6 Å². The van der Waals surface area contributed by atoms with Crippen molar-refractivity contribution in [2.75, 3.05) is 5.32 Å². The van der Waals surface area contributed by atoms with Crippen LogP contribution in [0.3, 0.4) is 0 Å². The van der Waals surface area contributed by atoms with Gasteiger partial charge in [-0.3, -0.25) is 10.1 Å². The third kappa shape index (κ3) is 3.94. The number of aromatic nitrogens is 1. The first-order chi connectivity index (χ1) is 12.4. The van der Waals surface area contributed by atoms with Crippen LogP contribution in [0.15, 0.2) is 53.1 Å². The van der Waals surface area contributed by atoms with E-state index in [9.17, 15) is 4.79 Å². The average Bonchev–Trinajstić information content (AvgIpc) is 3.08. The molecule has 0 fully saturated rings. The van der Waals surface area contributed by atoms with Gasteiger partial charge in [0.15, 0.2) is 6.10 Å². The number of carbonyl (C=O) groups is 1. The summed E-state index contributed by atoms with van der Waals surface area (Å²) in [6.45, 7) is 7.71. The molecule has 3 aromatic rings. The Labute approximate surface area is 153 Å². The van der Waals surface area contributed by atoms with Gasteiger partial charge in [-0.2, -0.15) is 0 Å². The third-order valence-corrected chi connectivity index (χ3v) is 4.33. The van der Waals surface area contributed by atoms with Gasteiger partial charge in [-0.05, 0) is 44.9 Å². The fourth-order valence-corrected chi connectivity index (χ4v) is 2.51. The highest BCUT2D eigenvalue weighted by Crippen LogP contribution is 2.24. The second-order valence-electron chi connectivity index (χ2n) is 6.39. The Bertz CT molecular complexity index is 913. The van der Waals surface area contributed by atoms with Crippen LogP contribution in [-0.4, -0.2) is 17.2 Å². The van der Waals surface area contributed by atoms with Crippen LogP contribution < -0.4 is 10.1 Å². The molecule has 26 heavy (non-hydrogen) atoms. The molecule has 1 heterocycles. The van der Waals surface area contributed by atoms with E-state index in [-0.39, 0.29) is 5.91 Å². The molecule has 134 valence electrons. The molecular weight excluding hydrogens is 328 g/mol. The van der Waals surface area contributed by atoms with Gasteiger partial charge >= 0.3 is 0 Å². The van der Waals surface area contributed by atoms with Gasteiger partial charge in [-0.15, -0.1) is 0 Å². The number of amides is 1. The summed E-state index contributed by atoms with van der Waals surface area (Å²) < 4.78 is 11.0. The molecule has 5 nitrogen and oxygen atoms in total. The Morgan fingerprint density at radius 2 is 1.85 bits per heavy atom. The molecule has 0 saturated heterocycles. The molecule has 0 aliphatic heterocycles. The van der Waals surface area contributed by atoms with Gasteiger partial charge in [0.1, 0.15) is 11.4 Å². The van der Waals surface area contributed by atoms with E-state index in [0.717, 1.165) is 16.7 Å². The lowest BCUT2D eigenvalue weighted by atomic mass is 10.1. The summed E-state index contributed by atoms with van der Waals surface area (Å²) in [7, 11) is 0. The number of anilines is 1. The fourth-order valence-electron chi connectivity index (χ4n) is 2.51. The van der Waals surface area contributed by atoms with E-state index in [1.807, 2.05) is 63.2 Å². The van der Waals surface area contributed by atoms with Crippen LogP contribution in [0.25, 0.3) is 11.3 Å². The van der Waals surface area contributed by atoms with E-state index < -0.39 is 6.10 Å². The van der Waals surface area contributed by atoms with Gasteiger partial charge in [-0.1, -0.05) is 47.1 Å². The van der Waals surface area contributed by atoms with E-state index in [4.69, 9.17) is 9.26 Å². The van der Waals surface area contributed by atoms with Crippen molar-refractivity contribution in [2.24, 2.45) is 0 Å². The van der Waals surface area contributed by atoms with Crippen molar-refractivity contribution in [1.82, 2.24) is 5.16 Å². The van der Waals surface area contributed by atoms with Crippen LogP contribution in [0.4, 0.5) is 5.88 Å². The minimum atomic E-state index is -0.663. The van der Waals surface area contributed by atoms with Crippen molar-refractivity contribution >= 4 is 11.8 Å². The number of nitrogens with zero attached hydrogens (tertiary/aromatic N) is 1. The molecule has 1 unspecified atom stereocenters. The Morgan fingerprint density at radius 3 is 2.58 bits per heavy atom. The van der Waals surface area contributed by atoms with Crippen molar-refractivity contribution in [3.63, 3.8) is 0 Å². The Kier molecular flexibility index (Phi) is 5.07. The van der Waals surface area contributed by atoms with Crippen molar-refractivity contribution in [1.29, 1.82) is 0 Å². The van der Waals surface area contributed by atoms with E-state index >= 15 is 0 Å². The van der Waals surface area contributed by atoms with Gasteiger partial charge in [-0.25, -0.2) is 0 Å². The average molecular weight is 350 g/mol. The highest BCUT2D eigenvalue weighted by molar-refractivity contribution is 5.93. The third-order valence-electron chi connectivity index (χ3n) is 4.33. The normalized spacial score (nSPS) is 11.8. The van der Waals surface area contributed by atoms with Crippen LogP contribution in [0.2, 0.25) is 0 Å². The molecule has 1 aromatic heterocycles. The highest BCUT2D eigenvalue weighted by Gasteiger charge is 2.18. The van der Waals surface area contributed by atoms with Crippen molar-refractivity contribution in [3.8, 4) is 17.0 Å². The molecule has 0 aliphatic carbocycles. The monoisotopic (exact) mass is 350 g/mol. The van der Waals surface area contributed by atoms with Crippen LogP contribution in [-0.2, 0) is 4.79 Å². The molecule has 0 aliphatic rings. The van der Waals surface area contributed by atoms with Gasteiger partial charge in [0.05, 0.1) is 0 Å². The van der Waals surface area contributed by atoms with E-state index in [2.05, 4.69) is 10.5 Å². The maximum Gasteiger partial charge on any atom is 0.267 e. The zero-order valence-corrected chi connectivity index (χ0v) is 15.4. The SMILES string of the molecule is Cc1ccc(-c2cc(NC(=O)C(C)Oc3cccc(C)c3C)on2)cc1. The van der Waals surface area contributed by atoms with Crippen molar-refractivity contribution in [3.05, 3.63) is 65.2 Å². The summed E-state index contributed by atoms with van der Waals surface area (Å²) >= 11 is 0. The lowest BCUT2D eigenvalue weighted by Gasteiger charge is -2.16. The van der Waals surface area contributed by atoms with Gasteiger partial charge in [0.25, 0.3) is 5.91 Å². The van der Waals surface area contributed by atoms with E-state index in [1.165, 1.54) is 5.56 Å². The summed E-state index contributed by atoms with van der Waals surface area (Å²) in [5.74, 6) is 0.699. The number of ether oxygens (including phenoxy) is 1. The molecule has 2 aromatic carbocycles. The van der Waals surface area contributed by atoms with E-state index in [1.54, 1.807) is 13.0 Å². The summed E-state index contributed by atoms with van der Waals surface area (Å²) in [4.78, 5) is 12.4. The first-order valence-corrected chi connectivity index (χ1v) is 8.51. The maximum absolute atomic E-state index is 12.4. The topological polar surface area (TPSA) is 64.4 Å². The van der Waals surface area contributed by atoms with Gasteiger partial charge in [0.2, 0.25) is 5.88 Å². The van der Waals surface area contributed by atoms with Crippen LogP contribution in [0.5, 0.6) is 5.75 Å². The molecule has 1 amide bonds. The molecule has 5 heteroatoms. The zero-order valence-electron chi connectivity index (χ0n) is 15.4. The summed E-state index contributed by atoms with van der Waals surface area (Å²) in [5.41, 5.74) is 4.91. The first-order valence-electron chi connectivity index (χ1n) is 8.51. The first kappa shape index (κ1) is 17.7. The van der Waals surface area contributed by atoms with Crippen LogP contribution in [0, 0.1) is 20.8 Å². The zero-order chi connectivity index (χ0) is 18.7. The molecule has 1 N–H and O–H groups in total. The Balaban J connectivity index is 1.66. The quantitative estimate of drug-likeness (QED) is 0.726. The van der Waals surface area contributed by atoms with Crippen molar-refractivity contribution in [2.45, 2.75) is 33.8 Å². The lowest BCUT2D eigenvalue weighted by Crippen LogP contribution is -2.30. The second kappa shape index (κ2) is 7.44. The highest BCUT2D eigenvalue weighted by atomic mass is 16.5. The fraction of sp³-hybridized carbons (Fsp3) is 0.238. The number of rotatable bonds is 5.